The summed E-state index contributed by atoms with van der Waals surface area (Å²) in [4.78, 5) is 6.08. The zero-order valence-corrected chi connectivity index (χ0v) is 19.1. The Morgan fingerprint density at radius 2 is 1.47 bits per heavy atom. The summed E-state index contributed by atoms with van der Waals surface area (Å²) in [6.07, 6.45) is -0.624. The Labute approximate surface area is 183 Å². The summed E-state index contributed by atoms with van der Waals surface area (Å²) in [5.74, 6) is 0.922. The first-order valence-corrected chi connectivity index (χ1v) is 11.5. The molecule has 0 bridgehead atoms. The van der Waals surface area contributed by atoms with E-state index in [4.69, 9.17) is 4.98 Å². The van der Waals surface area contributed by atoms with Crippen molar-refractivity contribution in [2.75, 3.05) is 0 Å². The quantitative estimate of drug-likeness (QED) is 0.400. The number of halogens is 1. The Balaban J connectivity index is 2.23. The molecule has 0 fully saturated rings. The molecular formula is C26H30FNOS. The zero-order chi connectivity index (χ0) is 21.8. The smallest absolute Gasteiger partial charge is 0.123 e. The molecule has 0 spiro atoms. The van der Waals surface area contributed by atoms with Gasteiger partial charge in [0.1, 0.15) is 5.82 Å². The van der Waals surface area contributed by atoms with E-state index in [1.54, 1.807) is 11.8 Å². The summed E-state index contributed by atoms with van der Waals surface area (Å²) in [6.45, 7) is 10.4. The Morgan fingerprint density at radius 1 is 0.867 bits per heavy atom. The number of nitrogens with zero attached hydrogens (tertiary/aromatic N) is 1. The van der Waals surface area contributed by atoms with Crippen LogP contribution in [0.5, 0.6) is 0 Å². The molecule has 1 aromatic heterocycles. The van der Waals surface area contributed by atoms with Gasteiger partial charge in [0.25, 0.3) is 0 Å². The minimum absolute atomic E-state index is 0.202. The van der Waals surface area contributed by atoms with Gasteiger partial charge >= 0.3 is 0 Å². The van der Waals surface area contributed by atoms with E-state index in [1.165, 1.54) is 12.1 Å². The van der Waals surface area contributed by atoms with Crippen LogP contribution >= 0.6 is 11.8 Å². The van der Waals surface area contributed by atoms with Crippen molar-refractivity contribution in [2.24, 2.45) is 0 Å². The van der Waals surface area contributed by atoms with Crippen LogP contribution in [0.15, 0.2) is 59.5 Å². The average molecular weight is 424 g/mol. The molecule has 0 amide bonds. The normalized spacial score (nSPS) is 12.6. The van der Waals surface area contributed by atoms with Crippen molar-refractivity contribution in [1.29, 1.82) is 0 Å². The molecule has 3 rings (SSSR count). The van der Waals surface area contributed by atoms with Crippen molar-refractivity contribution >= 4 is 11.8 Å². The van der Waals surface area contributed by atoms with Crippen molar-refractivity contribution in [3.05, 3.63) is 82.9 Å². The molecule has 1 atom stereocenters. The Bertz CT molecular complexity index is 982. The van der Waals surface area contributed by atoms with Crippen LogP contribution < -0.4 is 0 Å². The fourth-order valence-corrected chi connectivity index (χ4v) is 4.72. The molecule has 4 heteroatoms. The van der Waals surface area contributed by atoms with Crippen molar-refractivity contribution in [3.8, 4) is 11.1 Å². The first-order chi connectivity index (χ1) is 14.3. The predicted octanol–water partition coefficient (Wildman–Crippen LogP) is 7.48. The molecule has 0 aliphatic rings. The second kappa shape index (κ2) is 9.76. The number of aliphatic hydroxyl groups is 1. The highest BCUT2D eigenvalue weighted by molar-refractivity contribution is 7.98. The highest BCUT2D eigenvalue weighted by atomic mass is 32.2. The van der Waals surface area contributed by atoms with Gasteiger partial charge in [0.15, 0.2) is 0 Å². The maximum atomic E-state index is 13.3. The number of hydrogen-bond acceptors (Lipinski definition) is 3. The molecule has 1 N–H and O–H groups in total. The van der Waals surface area contributed by atoms with E-state index in [2.05, 4.69) is 39.8 Å². The molecule has 0 saturated heterocycles. The fourth-order valence-electron chi connectivity index (χ4n) is 3.78. The van der Waals surface area contributed by atoms with Gasteiger partial charge in [-0.3, -0.25) is 4.98 Å². The number of thioether (sulfide) groups is 1. The number of rotatable bonds is 7. The van der Waals surface area contributed by atoms with Crippen molar-refractivity contribution in [2.45, 2.75) is 63.2 Å². The van der Waals surface area contributed by atoms with E-state index in [9.17, 15) is 9.50 Å². The summed E-state index contributed by atoms with van der Waals surface area (Å²) in [5, 5.41) is 10.8. The third-order valence-electron chi connectivity index (χ3n) is 5.17. The summed E-state index contributed by atoms with van der Waals surface area (Å²) in [7, 11) is 0. The third-order valence-corrected chi connectivity index (χ3v) is 6.21. The topological polar surface area (TPSA) is 33.1 Å². The maximum Gasteiger partial charge on any atom is 0.123 e. The van der Waals surface area contributed by atoms with Gasteiger partial charge in [-0.05, 0) is 59.7 Å². The molecular weight excluding hydrogens is 393 g/mol. The van der Waals surface area contributed by atoms with E-state index < -0.39 is 6.10 Å². The van der Waals surface area contributed by atoms with Crippen LogP contribution in [0.4, 0.5) is 4.39 Å². The number of benzene rings is 2. The van der Waals surface area contributed by atoms with Gasteiger partial charge in [0.05, 0.1) is 6.10 Å². The number of pyridine rings is 1. The molecule has 2 aromatic carbocycles. The van der Waals surface area contributed by atoms with Crippen LogP contribution in [0, 0.1) is 5.82 Å². The highest BCUT2D eigenvalue weighted by Crippen LogP contribution is 2.41. The lowest BCUT2D eigenvalue weighted by atomic mass is 9.86. The van der Waals surface area contributed by atoms with E-state index >= 15 is 0 Å². The summed E-state index contributed by atoms with van der Waals surface area (Å²) >= 11 is 1.67. The zero-order valence-electron chi connectivity index (χ0n) is 18.3. The summed E-state index contributed by atoms with van der Waals surface area (Å²) in [5.41, 5.74) is 6.26. The Hall–Kier alpha value is -2.17. The van der Waals surface area contributed by atoms with Crippen LogP contribution in [-0.4, -0.2) is 10.1 Å². The standard InChI is InChI=1S/C26H30FNOS/c1-16(2)25-22(15-30-21-13-11-20(27)12-14-21)24(19-9-7-6-8-10-19)23(18(5)29)26(28-25)17(3)4/h6-14,16-18,29H,15H2,1-5H3. The second-order valence-corrected chi connectivity index (χ2v) is 9.29. The first-order valence-electron chi connectivity index (χ1n) is 10.5. The van der Waals surface area contributed by atoms with Crippen molar-refractivity contribution < 1.29 is 9.50 Å². The maximum absolute atomic E-state index is 13.3. The largest absolute Gasteiger partial charge is 0.389 e. The number of aromatic nitrogens is 1. The first kappa shape index (κ1) is 22.5. The number of aliphatic hydroxyl groups excluding tert-OH is 1. The van der Waals surface area contributed by atoms with Crippen molar-refractivity contribution in [3.63, 3.8) is 0 Å². The molecule has 0 radical (unpaired) electrons. The predicted molar refractivity (Wildman–Crippen MR) is 124 cm³/mol. The van der Waals surface area contributed by atoms with E-state index in [0.717, 1.165) is 38.5 Å². The summed E-state index contributed by atoms with van der Waals surface area (Å²) in [6, 6.07) is 16.9. The lowest BCUT2D eigenvalue weighted by Gasteiger charge is -2.26. The molecule has 1 unspecified atom stereocenters. The lowest BCUT2D eigenvalue weighted by molar-refractivity contribution is 0.197. The second-order valence-electron chi connectivity index (χ2n) is 8.24. The van der Waals surface area contributed by atoms with Crippen LogP contribution in [0.25, 0.3) is 11.1 Å². The van der Waals surface area contributed by atoms with Gasteiger partial charge in [-0.25, -0.2) is 4.39 Å². The monoisotopic (exact) mass is 423 g/mol. The van der Waals surface area contributed by atoms with Gasteiger partial charge in [0, 0.05) is 27.6 Å². The number of hydrogen-bond donors (Lipinski definition) is 1. The molecule has 30 heavy (non-hydrogen) atoms. The van der Waals surface area contributed by atoms with Gasteiger partial charge in [-0.1, -0.05) is 58.0 Å². The van der Waals surface area contributed by atoms with Crippen LogP contribution in [0.1, 0.15) is 75.1 Å². The minimum atomic E-state index is -0.624. The molecule has 3 aromatic rings. The van der Waals surface area contributed by atoms with Gasteiger partial charge in [-0.2, -0.15) is 0 Å². The fraction of sp³-hybridized carbons (Fsp3) is 0.346. The van der Waals surface area contributed by atoms with Crippen LogP contribution in [0.2, 0.25) is 0 Å². The van der Waals surface area contributed by atoms with E-state index in [-0.39, 0.29) is 17.7 Å². The van der Waals surface area contributed by atoms with Gasteiger partial charge in [0.2, 0.25) is 0 Å². The van der Waals surface area contributed by atoms with Crippen molar-refractivity contribution in [1.82, 2.24) is 4.98 Å². The van der Waals surface area contributed by atoms with Gasteiger partial charge < -0.3 is 5.11 Å². The molecule has 0 aliphatic heterocycles. The average Bonchev–Trinajstić information content (AvgIpc) is 2.72. The Morgan fingerprint density at radius 3 is 2.00 bits per heavy atom. The third kappa shape index (κ3) is 4.93. The molecule has 1 heterocycles. The van der Waals surface area contributed by atoms with E-state index in [0.29, 0.717) is 5.75 Å². The lowest BCUT2D eigenvalue weighted by Crippen LogP contribution is -2.13. The van der Waals surface area contributed by atoms with Crippen LogP contribution in [-0.2, 0) is 5.75 Å². The van der Waals surface area contributed by atoms with Crippen LogP contribution in [0.3, 0.4) is 0 Å². The van der Waals surface area contributed by atoms with Gasteiger partial charge in [-0.15, -0.1) is 11.8 Å². The molecule has 2 nitrogen and oxygen atoms in total. The Kier molecular flexibility index (Phi) is 7.32. The molecule has 158 valence electrons. The highest BCUT2D eigenvalue weighted by Gasteiger charge is 2.25. The van der Waals surface area contributed by atoms with E-state index in [1.807, 2.05) is 37.3 Å². The molecule has 0 aliphatic carbocycles. The summed E-state index contributed by atoms with van der Waals surface area (Å²) < 4.78 is 13.3. The molecule has 0 saturated carbocycles. The minimum Gasteiger partial charge on any atom is -0.389 e. The SMILES string of the molecule is CC(C)c1nc(C(C)C)c(C(C)O)c(-c2ccccc2)c1CSc1ccc(F)cc1.